The summed E-state index contributed by atoms with van der Waals surface area (Å²) in [6, 6.07) is 15.9. The highest BCUT2D eigenvalue weighted by molar-refractivity contribution is 7.09. The summed E-state index contributed by atoms with van der Waals surface area (Å²) in [6.45, 7) is 4.73. The predicted molar refractivity (Wildman–Crippen MR) is 129 cm³/mol. The number of hydrogen-bond donors (Lipinski definition) is 1. The Kier molecular flexibility index (Phi) is 7.37. The second kappa shape index (κ2) is 10.6. The van der Waals surface area contributed by atoms with Gasteiger partial charge in [0.05, 0.1) is 7.11 Å². The zero-order chi connectivity index (χ0) is 22.3. The molecule has 1 aliphatic heterocycles. The molecule has 0 unspecified atom stereocenters. The Morgan fingerprint density at radius 2 is 1.94 bits per heavy atom. The van der Waals surface area contributed by atoms with Crippen LogP contribution in [-0.2, 0) is 12.8 Å². The number of anilines is 1. The van der Waals surface area contributed by atoms with E-state index in [1.807, 2.05) is 42.5 Å². The van der Waals surface area contributed by atoms with E-state index in [2.05, 4.69) is 27.6 Å². The van der Waals surface area contributed by atoms with E-state index >= 15 is 0 Å². The zero-order valence-corrected chi connectivity index (χ0v) is 19.5. The minimum absolute atomic E-state index is 0.0152. The van der Waals surface area contributed by atoms with Gasteiger partial charge in [0.25, 0.3) is 5.91 Å². The van der Waals surface area contributed by atoms with Crippen LogP contribution in [-0.4, -0.2) is 42.0 Å². The lowest BCUT2D eigenvalue weighted by Gasteiger charge is -2.31. The van der Waals surface area contributed by atoms with Gasteiger partial charge in [-0.2, -0.15) is 4.37 Å². The van der Waals surface area contributed by atoms with E-state index in [1.54, 1.807) is 7.11 Å². The van der Waals surface area contributed by atoms with Crippen molar-refractivity contribution in [1.82, 2.24) is 14.7 Å². The number of carbonyl (C=O) groups excluding carboxylic acids is 1. The van der Waals surface area contributed by atoms with Crippen LogP contribution in [0.25, 0.3) is 0 Å². The first-order valence-corrected chi connectivity index (χ1v) is 12.0. The Balaban J connectivity index is 1.24. The molecular formula is C25H30N4O2S. The largest absolute Gasteiger partial charge is 0.497 e. The summed E-state index contributed by atoms with van der Waals surface area (Å²) in [4.78, 5) is 19.5. The van der Waals surface area contributed by atoms with E-state index in [1.165, 1.54) is 17.1 Å². The molecule has 0 atom stereocenters. The summed E-state index contributed by atoms with van der Waals surface area (Å²) in [7, 11) is 1.68. The lowest BCUT2D eigenvalue weighted by atomic mass is 9.97. The van der Waals surface area contributed by atoms with Crippen LogP contribution in [0.5, 0.6) is 5.75 Å². The normalized spacial score (nSPS) is 14.4. The van der Waals surface area contributed by atoms with E-state index in [4.69, 9.17) is 9.72 Å². The molecule has 2 aromatic carbocycles. The molecule has 0 radical (unpaired) electrons. The van der Waals surface area contributed by atoms with Crippen molar-refractivity contribution >= 4 is 22.6 Å². The van der Waals surface area contributed by atoms with Crippen LogP contribution in [0.3, 0.4) is 0 Å². The number of rotatable bonds is 8. The summed E-state index contributed by atoms with van der Waals surface area (Å²) >= 11 is 1.47. The molecule has 168 valence electrons. The molecule has 3 aromatic rings. The topological polar surface area (TPSA) is 67.4 Å². The van der Waals surface area contributed by atoms with Gasteiger partial charge < -0.3 is 15.0 Å². The van der Waals surface area contributed by atoms with Gasteiger partial charge in [-0.05, 0) is 60.6 Å². The summed E-state index contributed by atoms with van der Waals surface area (Å²) < 4.78 is 9.86. The van der Waals surface area contributed by atoms with E-state index in [-0.39, 0.29) is 5.91 Å². The van der Waals surface area contributed by atoms with E-state index < -0.39 is 0 Å². The Bertz CT molecular complexity index is 1030. The van der Waals surface area contributed by atoms with Crippen molar-refractivity contribution in [3.8, 4) is 5.75 Å². The molecule has 4 rings (SSSR count). The molecule has 1 amide bonds. The quantitative estimate of drug-likeness (QED) is 0.553. The van der Waals surface area contributed by atoms with Crippen LogP contribution >= 0.6 is 11.5 Å². The number of benzene rings is 2. The Hall–Kier alpha value is -2.93. The Morgan fingerprint density at radius 3 is 2.66 bits per heavy atom. The molecular weight excluding hydrogens is 420 g/mol. The standard InChI is InChI=1S/C25H30N4O2S/c1-3-18-7-9-21(10-8-18)24(30)26-17-19-11-13-29(14-12-19)25-27-23(28-32-25)16-20-5-4-6-22(15-20)31-2/h4-10,15,19H,3,11-14,16-17H2,1-2H3,(H,26,30). The molecule has 1 aliphatic rings. The summed E-state index contributed by atoms with van der Waals surface area (Å²) in [5.41, 5.74) is 3.13. The number of carbonyl (C=O) groups is 1. The minimum atomic E-state index is 0.0152. The number of aromatic nitrogens is 2. The maximum Gasteiger partial charge on any atom is 0.251 e. The fourth-order valence-corrected chi connectivity index (χ4v) is 4.71. The number of nitrogens with zero attached hydrogens (tertiary/aromatic N) is 3. The Labute approximate surface area is 193 Å². The molecule has 1 aromatic heterocycles. The highest BCUT2D eigenvalue weighted by Crippen LogP contribution is 2.25. The maximum atomic E-state index is 12.4. The van der Waals surface area contributed by atoms with Crippen LogP contribution in [0.2, 0.25) is 0 Å². The van der Waals surface area contributed by atoms with Gasteiger partial charge in [0, 0.05) is 43.2 Å². The third kappa shape index (κ3) is 5.65. The van der Waals surface area contributed by atoms with Gasteiger partial charge in [-0.3, -0.25) is 4.79 Å². The monoisotopic (exact) mass is 450 g/mol. The highest BCUT2D eigenvalue weighted by Gasteiger charge is 2.22. The maximum absolute atomic E-state index is 12.4. The van der Waals surface area contributed by atoms with Crippen molar-refractivity contribution in [2.24, 2.45) is 5.92 Å². The number of aryl methyl sites for hydroxylation is 1. The lowest BCUT2D eigenvalue weighted by Crippen LogP contribution is -2.38. The van der Waals surface area contributed by atoms with Crippen molar-refractivity contribution in [3.63, 3.8) is 0 Å². The van der Waals surface area contributed by atoms with E-state index in [9.17, 15) is 4.79 Å². The van der Waals surface area contributed by atoms with Crippen LogP contribution < -0.4 is 15.0 Å². The smallest absolute Gasteiger partial charge is 0.251 e. The molecule has 0 aliphatic carbocycles. The molecule has 1 N–H and O–H groups in total. The SMILES string of the molecule is CCc1ccc(C(=O)NCC2CCN(c3nc(Cc4cccc(OC)c4)ns3)CC2)cc1. The first-order valence-electron chi connectivity index (χ1n) is 11.2. The number of hydrogen-bond acceptors (Lipinski definition) is 6. The summed E-state index contributed by atoms with van der Waals surface area (Å²) in [5, 5.41) is 4.10. The highest BCUT2D eigenvalue weighted by atomic mass is 32.1. The van der Waals surface area contributed by atoms with Gasteiger partial charge in [0.2, 0.25) is 5.13 Å². The van der Waals surface area contributed by atoms with Crippen molar-refractivity contribution in [3.05, 3.63) is 71.0 Å². The number of methoxy groups -OCH3 is 1. The van der Waals surface area contributed by atoms with E-state index in [0.717, 1.165) is 66.7 Å². The van der Waals surface area contributed by atoms with Crippen LogP contribution in [0.4, 0.5) is 5.13 Å². The third-order valence-electron chi connectivity index (χ3n) is 6.01. The first-order chi connectivity index (χ1) is 15.6. The lowest BCUT2D eigenvalue weighted by molar-refractivity contribution is 0.0945. The molecule has 1 saturated heterocycles. The molecule has 7 heteroatoms. The molecule has 6 nitrogen and oxygen atoms in total. The Morgan fingerprint density at radius 1 is 1.16 bits per heavy atom. The molecule has 2 heterocycles. The fraction of sp³-hybridized carbons (Fsp3) is 0.400. The molecule has 32 heavy (non-hydrogen) atoms. The molecule has 0 spiro atoms. The fourth-order valence-electron chi connectivity index (χ4n) is 3.97. The van der Waals surface area contributed by atoms with Gasteiger partial charge in [-0.25, -0.2) is 4.98 Å². The number of amides is 1. The number of ether oxygens (including phenoxy) is 1. The predicted octanol–water partition coefficient (Wildman–Crippen LogP) is 4.35. The molecule has 0 bridgehead atoms. The van der Waals surface area contributed by atoms with Crippen LogP contribution in [0.1, 0.15) is 47.1 Å². The van der Waals surface area contributed by atoms with Gasteiger partial charge in [-0.15, -0.1) is 0 Å². The minimum Gasteiger partial charge on any atom is -0.497 e. The first kappa shape index (κ1) is 22.3. The van der Waals surface area contributed by atoms with Gasteiger partial charge in [-0.1, -0.05) is 31.2 Å². The number of nitrogens with one attached hydrogen (secondary N) is 1. The average molecular weight is 451 g/mol. The van der Waals surface area contributed by atoms with Crippen molar-refractivity contribution < 1.29 is 9.53 Å². The second-order valence-corrected chi connectivity index (χ2v) is 8.94. The van der Waals surface area contributed by atoms with Gasteiger partial charge >= 0.3 is 0 Å². The second-order valence-electron chi connectivity index (χ2n) is 8.21. The third-order valence-corrected chi connectivity index (χ3v) is 6.83. The van der Waals surface area contributed by atoms with Crippen LogP contribution in [0.15, 0.2) is 48.5 Å². The van der Waals surface area contributed by atoms with Crippen molar-refractivity contribution in [2.75, 3.05) is 31.6 Å². The van der Waals surface area contributed by atoms with E-state index in [0.29, 0.717) is 12.3 Å². The average Bonchev–Trinajstić information content (AvgIpc) is 3.31. The van der Waals surface area contributed by atoms with Crippen molar-refractivity contribution in [2.45, 2.75) is 32.6 Å². The van der Waals surface area contributed by atoms with Gasteiger partial charge in [0.1, 0.15) is 11.6 Å². The summed E-state index contributed by atoms with van der Waals surface area (Å²) in [5.74, 6) is 2.21. The van der Waals surface area contributed by atoms with Gasteiger partial charge in [0.15, 0.2) is 0 Å². The van der Waals surface area contributed by atoms with Crippen LogP contribution in [0, 0.1) is 5.92 Å². The van der Waals surface area contributed by atoms with Crippen molar-refractivity contribution in [1.29, 1.82) is 0 Å². The molecule has 0 saturated carbocycles. The zero-order valence-electron chi connectivity index (χ0n) is 18.7. The molecule has 1 fully saturated rings. The summed E-state index contributed by atoms with van der Waals surface area (Å²) in [6.07, 6.45) is 3.77. The number of piperidine rings is 1.